The van der Waals surface area contributed by atoms with Gasteiger partial charge in [-0.1, -0.05) is 53.7 Å². The lowest BCUT2D eigenvalue weighted by molar-refractivity contribution is -0.120. The summed E-state index contributed by atoms with van der Waals surface area (Å²) < 4.78 is 2.20. The maximum atomic E-state index is 12.6. The van der Waals surface area contributed by atoms with Crippen LogP contribution in [0.3, 0.4) is 0 Å². The third-order valence-electron chi connectivity index (χ3n) is 5.65. The van der Waals surface area contributed by atoms with E-state index in [1.54, 1.807) is 0 Å². The number of hydrogen-bond acceptors (Lipinski definition) is 4. The number of nitrogens with one attached hydrogen (secondary N) is 1. The van der Waals surface area contributed by atoms with E-state index >= 15 is 0 Å². The molecule has 2 aliphatic carbocycles. The Kier molecular flexibility index (Phi) is 6.70. The van der Waals surface area contributed by atoms with Crippen LogP contribution in [0.2, 0.25) is 0 Å². The molecule has 5 nitrogen and oxygen atoms in total. The topological polar surface area (TPSA) is 59.8 Å². The van der Waals surface area contributed by atoms with E-state index < -0.39 is 0 Å². The molecule has 1 fully saturated rings. The maximum Gasteiger partial charge on any atom is 0.233 e. The SMILES string of the molecule is CC(Sc1nnc(C2CC2)n1Cc1ccccc1)C(=O)NCCC1=CCCCC1. The molecule has 0 bridgehead atoms. The summed E-state index contributed by atoms with van der Waals surface area (Å²) in [6.07, 6.45) is 10.6. The molecule has 0 saturated heterocycles. The summed E-state index contributed by atoms with van der Waals surface area (Å²) in [5.41, 5.74) is 2.72. The van der Waals surface area contributed by atoms with Crippen molar-refractivity contribution in [1.29, 1.82) is 0 Å². The Balaban J connectivity index is 1.36. The fraction of sp³-hybridized carbons (Fsp3) is 0.522. The van der Waals surface area contributed by atoms with Gasteiger partial charge in [-0.2, -0.15) is 0 Å². The number of rotatable bonds is 9. The minimum Gasteiger partial charge on any atom is -0.355 e. The molecule has 1 atom stereocenters. The van der Waals surface area contributed by atoms with E-state index in [1.807, 2.05) is 13.0 Å². The number of nitrogens with zero attached hydrogens (tertiary/aromatic N) is 3. The molecule has 154 valence electrons. The van der Waals surface area contributed by atoms with Gasteiger partial charge in [-0.15, -0.1) is 10.2 Å². The number of allylic oxidation sites excluding steroid dienone is 1. The maximum absolute atomic E-state index is 12.6. The lowest BCUT2D eigenvalue weighted by Gasteiger charge is -2.15. The zero-order chi connectivity index (χ0) is 20.1. The van der Waals surface area contributed by atoms with Crippen LogP contribution in [0.15, 0.2) is 47.1 Å². The molecule has 2 aliphatic rings. The van der Waals surface area contributed by atoms with E-state index in [4.69, 9.17) is 0 Å². The number of hydrogen-bond donors (Lipinski definition) is 1. The summed E-state index contributed by atoms with van der Waals surface area (Å²) in [5.74, 6) is 1.66. The van der Waals surface area contributed by atoms with Crippen LogP contribution in [0.5, 0.6) is 0 Å². The number of thioether (sulfide) groups is 1. The lowest BCUT2D eigenvalue weighted by atomic mass is 9.97. The minimum atomic E-state index is -0.193. The first-order chi connectivity index (χ1) is 14.2. The highest BCUT2D eigenvalue weighted by Crippen LogP contribution is 2.40. The van der Waals surface area contributed by atoms with Crippen LogP contribution in [-0.4, -0.2) is 32.5 Å². The second-order valence-electron chi connectivity index (χ2n) is 8.10. The number of carbonyl (C=O) groups excluding carboxylic acids is 1. The fourth-order valence-corrected chi connectivity index (χ4v) is 4.66. The molecule has 1 aromatic heterocycles. The Bertz CT molecular complexity index is 857. The molecule has 0 radical (unpaired) electrons. The third-order valence-corrected chi connectivity index (χ3v) is 6.73. The van der Waals surface area contributed by atoms with Crippen LogP contribution < -0.4 is 5.32 Å². The zero-order valence-corrected chi connectivity index (χ0v) is 18.0. The monoisotopic (exact) mass is 410 g/mol. The molecule has 1 unspecified atom stereocenters. The first-order valence-electron chi connectivity index (χ1n) is 10.8. The third kappa shape index (κ3) is 5.50. The Hall–Kier alpha value is -2.08. The summed E-state index contributed by atoms with van der Waals surface area (Å²) in [6, 6.07) is 10.4. The van der Waals surface area contributed by atoms with Gasteiger partial charge in [0.1, 0.15) is 5.82 Å². The predicted octanol–water partition coefficient (Wildman–Crippen LogP) is 4.69. The summed E-state index contributed by atoms with van der Waals surface area (Å²) >= 11 is 1.51. The molecular weight excluding hydrogens is 380 g/mol. The molecule has 6 heteroatoms. The van der Waals surface area contributed by atoms with Gasteiger partial charge in [0.2, 0.25) is 5.91 Å². The zero-order valence-electron chi connectivity index (χ0n) is 17.1. The average molecular weight is 411 g/mol. The van der Waals surface area contributed by atoms with Gasteiger partial charge in [0.25, 0.3) is 0 Å². The van der Waals surface area contributed by atoms with Crippen molar-refractivity contribution in [3.63, 3.8) is 0 Å². The second kappa shape index (κ2) is 9.61. The van der Waals surface area contributed by atoms with Crippen LogP contribution in [0.4, 0.5) is 0 Å². The molecule has 29 heavy (non-hydrogen) atoms. The highest BCUT2D eigenvalue weighted by Gasteiger charge is 2.31. The predicted molar refractivity (Wildman–Crippen MR) is 117 cm³/mol. The van der Waals surface area contributed by atoms with E-state index in [0.29, 0.717) is 5.92 Å². The van der Waals surface area contributed by atoms with Crippen molar-refractivity contribution in [3.05, 3.63) is 53.4 Å². The Labute approximate surface area is 177 Å². The lowest BCUT2D eigenvalue weighted by Crippen LogP contribution is -2.32. The normalized spacial score (nSPS) is 17.6. The standard InChI is InChI=1S/C23H30N4OS/c1-17(22(28)24-15-14-18-8-4-2-5-9-18)29-23-26-25-21(20-12-13-20)27(23)16-19-10-6-3-7-11-19/h3,6-8,10-11,17,20H,2,4-5,9,12-16H2,1H3,(H,24,28). The summed E-state index contributed by atoms with van der Waals surface area (Å²) in [7, 11) is 0. The van der Waals surface area contributed by atoms with Crippen molar-refractivity contribution in [3.8, 4) is 0 Å². The number of aromatic nitrogens is 3. The largest absolute Gasteiger partial charge is 0.355 e. The van der Waals surface area contributed by atoms with Gasteiger partial charge >= 0.3 is 0 Å². The molecule has 1 aromatic carbocycles. The van der Waals surface area contributed by atoms with Gasteiger partial charge in [-0.05, 0) is 57.4 Å². The number of carbonyl (C=O) groups is 1. The quantitative estimate of drug-likeness (QED) is 0.481. The second-order valence-corrected chi connectivity index (χ2v) is 9.40. The van der Waals surface area contributed by atoms with Gasteiger partial charge in [0.15, 0.2) is 5.16 Å². The van der Waals surface area contributed by atoms with Crippen LogP contribution in [0.1, 0.15) is 69.2 Å². The van der Waals surface area contributed by atoms with E-state index in [2.05, 4.69) is 50.4 Å². The van der Waals surface area contributed by atoms with Crippen LogP contribution in [-0.2, 0) is 11.3 Å². The first kappa shape index (κ1) is 20.2. The van der Waals surface area contributed by atoms with Gasteiger partial charge in [-0.25, -0.2) is 0 Å². The summed E-state index contributed by atoms with van der Waals surface area (Å²) in [6.45, 7) is 3.43. The molecule has 0 aliphatic heterocycles. The van der Waals surface area contributed by atoms with Crippen LogP contribution in [0, 0.1) is 0 Å². The minimum absolute atomic E-state index is 0.0774. The number of amides is 1. The number of benzene rings is 1. The van der Waals surface area contributed by atoms with Crippen molar-refractivity contribution in [2.24, 2.45) is 0 Å². The van der Waals surface area contributed by atoms with Crippen molar-refractivity contribution in [1.82, 2.24) is 20.1 Å². The Morgan fingerprint density at radius 3 is 2.79 bits per heavy atom. The van der Waals surface area contributed by atoms with E-state index in [-0.39, 0.29) is 11.2 Å². The van der Waals surface area contributed by atoms with Crippen molar-refractivity contribution >= 4 is 17.7 Å². The molecule has 1 N–H and O–H groups in total. The molecule has 2 aromatic rings. The Morgan fingerprint density at radius 1 is 1.24 bits per heavy atom. The fourth-order valence-electron chi connectivity index (χ4n) is 3.78. The highest BCUT2D eigenvalue weighted by atomic mass is 32.2. The van der Waals surface area contributed by atoms with E-state index in [9.17, 15) is 4.79 Å². The van der Waals surface area contributed by atoms with Crippen molar-refractivity contribution < 1.29 is 4.79 Å². The van der Waals surface area contributed by atoms with Crippen LogP contribution >= 0.6 is 11.8 Å². The van der Waals surface area contributed by atoms with Gasteiger partial charge in [0.05, 0.1) is 11.8 Å². The van der Waals surface area contributed by atoms with E-state index in [0.717, 1.165) is 30.5 Å². The van der Waals surface area contributed by atoms with E-state index in [1.165, 1.54) is 61.4 Å². The molecule has 1 heterocycles. The molecular formula is C23H30N4OS. The molecule has 1 amide bonds. The van der Waals surface area contributed by atoms with Gasteiger partial charge < -0.3 is 9.88 Å². The smallest absolute Gasteiger partial charge is 0.233 e. The van der Waals surface area contributed by atoms with Gasteiger partial charge in [-0.3, -0.25) is 4.79 Å². The van der Waals surface area contributed by atoms with Crippen LogP contribution in [0.25, 0.3) is 0 Å². The van der Waals surface area contributed by atoms with Crippen molar-refractivity contribution in [2.45, 2.75) is 74.7 Å². The molecule has 0 spiro atoms. The summed E-state index contributed by atoms with van der Waals surface area (Å²) in [5, 5.41) is 12.7. The average Bonchev–Trinajstić information content (AvgIpc) is 3.52. The van der Waals surface area contributed by atoms with Crippen molar-refractivity contribution in [2.75, 3.05) is 6.54 Å². The first-order valence-corrected chi connectivity index (χ1v) is 11.7. The Morgan fingerprint density at radius 2 is 2.07 bits per heavy atom. The highest BCUT2D eigenvalue weighted by molar-refractivity contribution is 8.00. The molecule has 4 rings (SSSR count). The summed E-state index contributed by atoms with van der Waals surface area (Å²) in [4.78, 5) is 12.6. The molecule has 1 saturated carbocycles. The van der Waals surface area contributed by atoms with Gasteiger partial charge in [0, 0.05) is 12.5 Å².